The quantitative estimate of drug-likeness (QED) is 0.525. The SMILES string of the molecule is CCCCCC1=NN(C(=O)CC(C)CC(C)(C)C)CC1c1ccccc1. The van der Waals surface area contributed by atoms with Crippen molar-refractivity contribution >= 4 is 11.6 Å². The molecule has 0 aliphatic carbocycles. The Labute approximate surface area is 159 Å². The van der Waals surface area contributed by atoms with Crippen LogP contribution in [0.3, 0.4) is 0 Å². The zero-order chi connectivity index (χ0) is 19.2. The molecule has 2 unspecified atom stereocenters. The predicted octanol–water partition coefficient (Wildman–Crippen LogP) is 6.01. The normalized spacial score (nSPS) is 18.7. The number of hydrogen-bond acceptors (Lipinski definition) is 2. The molecule has 1 aromatic rings. The fourth-order valence-corrected chi connectivity index (χ4v) is 3.99. The minimum atomic E-state index is 0.174. The van der Waals surface area contributed by atoms with E-state index >= 15 is 0 Å². The molecule has 3 heteroatoms. The second kappa shape index (κ2) is 9.34. The van der Waals surface area contributed by atoms with Crippen LogP contribution < -0.4 is 0 Å². The zero-order valence-electron chi connectivity index (χ0n) is 17.3. The molecular weight excluding hydrogens is 320 g/mol. The number of benzene rings is 1. The summed E-state index contributed by atoms with van der Waals surface area (Å²) in [5.41, 5.74) is 2.72. The summed E-state index contributed by atoms with van der Waals surface area (Å²) in [6.07, 6.45) is 6.22. The summed E-state index contributed by atoms with van der Waals surface area (Å²) in [6.45, 7) is 11.8. The van der Waals surface area contributed by atoms with Crippen LogP contribution in [0.1, 0.15) is 84.6 Å². The lowest BCUT2D eigenvalue weighted by Crippen LogP contribution is -2.28. The van der Waals surface area contributed by atoms with Crippen LogP contribution in [0.2, 0.25) is 0 Å². The van der Waals surface area contributed by atoms with Gasteiger partial charge in [0.2, 0.25) is 5.91 Å². The number of hydrazone groups is 1. The molecule has 0 spiro atoms. The second-order valence-corrected chi connectivity index (χ2v) is 9.06. The highest BCUT2D eigenvalue weighted by Gasteiger charge is 2.31. The van der Waals surface area contributed by atoms with E-state index < -0.39 is 0 Å². The van der Waals surface area contributed by atoms with E-state index in [4.69, 9.17) is 5.10 Å². The summed E-state index contributed by atoms with van der Waals surface area (Å²) < 4.78 is 0. The number of nitrogens with zero attached hydrogens (tertiary/aromatic N) is 2. The van der Waals surface area contributed by atoms with E-state index in [1.165, 1.54) is 24.1 Å². The van der Waals surface area contributed by atoms with E-state index in [1.807, 2.05) is 6.07 Å². The third kappa shape index (κ3) is 6.26. The van der Waals surface area contributed by atoms with Gasteiger partial charge in [-0.3, -0.25) is 4.79 Å². The van der Waals surface area contributed by atoms with Crippen LogP contribution in [-0.4, -0.2) is 23.2 Å². The van der Waals surface area contributed by atoms with Gasteiger partial charge in [-0.15, -0.1) is 0 Å². The van der Waals surface area contributed by atoms with Crippen molar-refractivity contribution in [1.82, 2.24) is 5.01 Å². The maximum Gasteiger partial charge on any atom is 0.242 e. The molecule has 0 fully saturated rings. The first kappa shape index (κ1) is 20.7. The Hall–Kier alpha value is -1.64. The van der Waals surface area contributed by atoms with Crippen molar-refractivity contribution in [1.29, 1.82) is 0 Å². The smallest absolute Gasteiger partial charge is 0.242 e. The lowest BCUT2D eigenvalue weighted by Gasteiger charge is -2.24. The van der Waals surface area contributed by atoms with Gasteiger partial charge in [-0.05, 0) is 36.2 Å². The van der Waals surface area contributed by atoms with Crippen LogP contribution >= 0.6 is 0 Å². The van der Waals surface area contributed by atoms with Gasteiger partial charge in [0.25, 0.3) is 0 Å². The van der Waals surface area contributed by atoms with E-state index in [0.717, 1.165) is 19.3 Å². The summed E-state index contributed by atoms with van der Waals surface area (Å²) in [7, 11) is 0. The molecule has 26 heavy (non-hydrogen) atoms. The Bertz CT molecular complexity index is 600. The van der Waals surface area contributed by atoms with Gasteiger partial charge in [0, 0.05) is 18.1 Å². The van der Waals surface area contributed by atoms with Crippen LogP contribution in [0, 0.1) is 11.3 Å². The molecule has 0 bridgehead atoms. The molecule has 1 aliphatic rings. The Morgan fingerprint density at radius 1 is 1.23 bits per heavy atom. The van der Waals surface area contributed by atoms with Crippen molar-refractivity contribution in [2.45, 2.75) is 79.1 Å². The molecule has 2 atom stereocenters. The Morgan fingerprint density at radius 2 is 1.92 bits per heavy atom. The summed E-state index contributed by atoms with van der Waals surface area (Å²) >= 11 is 0. The van der Waals surface area contributed by atoms with Gasteiger partial charge in [-0.2, -0.15) is 5.10 Å². The van der Waals surface area contributed by atoms with Crippen LogP contribution in [0.4, 0.5) is 0 Å². The third-order valence-corrected chi connectivity index (χ3v) is 5.02. The average molecular weight is 357 g/mol. The molecule has 0 N–H and O–H groups in total. The highest BCUT2D eigenvalue weighted by molar-refractivity contribution is 5.94. The number of rotatable bonds is 8. The highest BCUT2D eigenvalue weighted by Crippen LogP contribution is 2.30. The van der Waals surface area contributed by atoms with Crippen molar-refractivity contribution in [2.75, 3.05) is 6.54 Å². The predicted molar refractivity (Wildman–Crippen MR) is 110 cm³/mol. The van der Waals surface area contributed by atoms with Gasteiger partial charge in [0.15, 0.2) is 0 Å². The van der Waals surface area contributed by atoms with E-state index in [1.54, 1.807) is 5.01 Å². The first-order valence-corrected chi connectivity index (χ1v) is 10.2. The van der Waals surface area contributed by atoms with Gasteiger partial charge in [-0.25, -0.2) is 5.01 Å². The van der Waals surface area contributed by atoms with Crippen LogP contribution in [0.5, 0.6) is 0 Å². The van der Waals surface area contributed by atoms with Gasteiger partial charge in [-0.1, -0.05) is 77.8 Å². The third-order valence-electron chi connectivity index (χ3n) is 5.02. The Balaban J connectivity index is 2.05. The minimum Gasteiger partial charge on any atom is -0.273 e. The van der Waals surface area contributed by atoms with Gasteiger partial charge < -0.3 is 0 Å². The number of carbonyl (C=O) groups is 1. The molecule has 0 radical (unpaired) electrons. The number of unbranched alkanes of at least 4 members (excludes halogenated alkanes) is 2. The largest absolute Gasteiger partial charge is 0.273 e. The number of amides is 1. The number of hydrogen-bond donors (Lipinski definition) is 0. The molecule has 2 rings (SSSR count). The minimum absolute atomic E-state index is 0.174. The van der Waals surface area contributed by atoms with Crippen LogP contribution in [0.15, 0.2) is 35.4 Å². The lowest BCUT2D eigenvalue weighted by molar-refractivity contribution is -0.131. The van der Waals surface area contributed by atoms with Crippen molar-refractivity contribution in [3.63, 3.8) is 0 Å². The van der Waals surface area contributed by atoms with Crippen molar-refractivity contribution in [3.05, 3.63) is 35.9 Å². The van der Waals surface area contributed by atoms with E-state index in [-0.39, 0.29) is 17.2 Å². The Morgan fingerprint density at radius 3 is 2.54 bits per heavy atom. The highest BCUT2D eigenvalue weighted by atomic mass is 16.2. The summed E-state index contributed by atoms with van der Waals surface area (Å²) in [5.74, 6) is 0.820. The summed E-state index contributed by atoms with van der Waals surface area (Å²) in [5, 5.41) is 6.52. The summed E-state index contributed by atoms with van der Waals surface area (Å²) in [6, 6.07) is 10.5. The van der Waals surface area contributed by atoms with Crippen molar-refractivity contribution < 1.29 is 4.79 Å². The lowest BCUT2D eigenvalue weighted by atomic mass is 9.84. The van der Waals surface area contributed by atoms with Gasteiger partial charge in [0.05, 0.1) is 6.54 Å². The molecule has 1 aromatic carbocycles. The molecule has 144 valence electrons. The molecular formula is C23H36N2O. The van der Waals surface area contributed by atoms with E-state index in [0.29, 0.717) is 18.9 Å². The van der Waals surface area contributed by atoms with Crippen LogP contribution in [-0.2, 0) is 4.79 Å². The number of carbonyl (C=O) groups excluding carboxylic acids is 1. The van der Waals surface area contributed by atoms with E-state index in [2.05, 4.69) is 58.9 Å². The standard InChI is InChI=1S/C23H36N2O/c1-6-7-9-14-21-20(19-12-10-8-11-13-19)17-25(24-21)22(26)15-18(2)16-23(3,4)5/h8,10-13,18,20H,6-7,9,14-17H2,1-5H3. The van der Waals surface area contributed by atoms with Gasteiger partial charge >= 0.3 is 0 Å². The molecule has 3 nitrogen and oxygen atoms in total. The maximum absolute atomic E-state index is 12.8. The monoisotopic (exact) mass is 356 g/mol. The van der Waals surface area contributed by atoms with Crippen LogP contribution in [0.25, 0.3) is 0 Å². The van der Waals surface area contributed by atoms with Crippen molar-refractivity contribution in [2.24, 2.45) is 16.4 Å². The second-order valence-electron chi connectivity index (χ2n) is 9.06. The fraction of sp³-hybridized carbons (Fsp3) is 0.652. The Kier molecular flexibility index (Phi) is 7.43. The molecule has 0 saturated heterocycles. The van der Waals surface area contributed by atoms with Gasteiger partial charge in [0.1, 0.15) is 0 Å². The molecule has 0 aromatic heterocycles. The molecule has 1 amide bonds. The molecule has 0 saturated carbocycles. The average Bonchev–Trinajstić information content (AvgIpc) is 2.98. The fourth-order valence-electron chi connectivity index (χ4n) is 3.99. The first-order valence-electron chi connectivity index (χ1n) is 10.2. The zero-order valence-corrected chi connectivity index (χ0v) is 17.3. The first-order chi connectivity index (χ1) is 12.3. The maximum atomic E-state index is 12.8. The topological polar surface area (TPSA) is 32.7 Å². The molecule has 1 heterocycles. The summed E-state index contributed by atoms with van der Waals surface area (Å²) in [4.78, 5) is 12.8. The molecule has 1 aliphatic heterocycles. The van der Waals surface area contributed by atoms with Crippen molar-refractivity contribution in [3.8, 4) is 0 Å². The van der Waals surface area contributed by atoms with E-state index in [9.17, 15) is 4.79 Å².